The summed E-state index contributed by atoms with van der Waals surface area (Å²) in [6, 6.07) is 1.72. The molecule has 4 aromatic heterocycles. The highest BCUT2D eigenvalue weighted by Crippen LogP contribution is 2.51. The van der Waals surface area contributed by atoms with Crippen LogP contribution in [0.4, 0.5) is 11.8 Å². The molecule has 3 aliphatic heterocycles. The topological polar surface area (TPSA) is 261 Å². The fourth-order valence-electron chi connectivity index (χ4n) is 6.07. The number of H-pyrrole nitrogens is 1. The summed E-state index contributed by atoms with van der Waals surface area (Å²) in [5, 5.41) is 23.1. The number of fused-ring (bicyclic) bond motifs is 5. The maximum Gasteiger partial charge on any atom is 0.472 e. The average molecular weight is 606 g/mol. The van der Waals surface area contributed by atoms with Gasteiger partial charge in [-0.2, -0.15) is 4.98 Å². The molecule has 0 radical (unpaired) electrons. The Hall–Kier alpha value is -3.48. The van der Waals surface area contributed by atoms with Crippen LogP contribution in [0.1, 0.15) is 31.7 Å². The second-order valence-electron chi connectivity index (χ2n) is 10.5. The average Bonchev–Trinajstić information content (AvgIpc) is 3.69. The lowest BCUT2D eigenvalue weighted by Gasteiger charge is -2.26. The van der Waals surface area contributed by atoms with E-state index in [1.807, 2.05) is 0 Å². The van der Waals surface area contributed by atoms with Crippen molar-refractivity contribution < 1.29 is 38.2 Å². The highest BCUT2D eigenvalue weighted by atomic mass is 31.2. The Kier molecular flexibility index (Phi) is 6.55. The zero-order valence-corrected chi connectivity index (χ0v) is 22.7. The van der Waals surface area contributed by atoms with Crippen LogP contribution in [0, 0.1) is 5.92 Å². The highest BCUT2D eigenvalue weighted by molar-refractivity contribution is 7.47. The second kappa shape index (κ2) is 10.1. The Morgan fingerprint density at radius 1 is 1.02 bits per heavy atom. The number of phosphoric acid groups is 1. The van der Waals surface area contributed by atoms with E-state index in [1.54, 1.807) is 16.8 Å². The minimum absolute atomic E-state index is 0.0380. The van der Waals surface area contributed by atoms with Crippen LogP contribution >= 0.6 is 7.82 Å². The maximum absolute atomic E-state index is 13.2. The molecule has 224 valence electrons. The van der Waals surface area contributed by atoms with Crippen molar-refractivity contribution >= 4 is 41.8 Å². The highest BCUT2D eigenvalue weighted by Gasteiger charge is 2.51. The number of rotatable bonds is 2. The zero-order valence-electron chi connectivity index (χ0n) is 21.8. The monoisotopic (exact) mass is 605 g/mol. The Labute approximate surface area is 235 Å². The molecular formula is C23H28N9O9P. The second-order valence-corrected chi connectivity index (χ2v) is 11.9. The van der Waals surface area contributed by atoms with Gasteiger partial charge in [-0.05, 0) is 18.9 Å². The van der Waals surface area contributed by atoms with Gasteiger partial charge < -0.3 is 40.6 Å². The minimum Gasteiger partial charge on any atom is -0.388 e. The first-order valence-corrected chi connectivity index (χ1v) is 14.7. The van der Waals surface area contributed by atoms with Crippen LogP contribution in [-0.2, 0) is 23.1 Å². The molecule has 7 heterocycles. The lowest BCUT2D eigenvalue weighted by atomic mass is 9.91. The van der Waals surface area contributed by atoms with Crippen molar-refractivity contribution in [2.24, 2.45) is 5.92 Å². The van der Waals surface area contributed by atoms with E-state index in [0.29, 0.717) is 30.3 Å². The van der Waals surface area contributed by atoms with Crippen molar-refractivity contribution in [1.82, 2.24) is 34.1 Å². The SMILES string of the molecule is Nc1nc2c(ncn2C2OC3CCCC4C(COP(=O)(O)OC2C3O)OC(n2ccc3c(N)ncnc32)C4O)c(=O)[nH]1. The number of nitrogens with two attached hydrogens (primary N) is 2. The van der Waals surface area contributed by atoms with Gasteiger partial charge in [0.2, 0.25) is 5.95 Å². The molecule has 3 saturated heterocycles. The Morgan fingerprint density at radius 2 is 1.83 bits per heavy atom. The first-order valence-electron chi connectivity index (χ1n) is 13.2. The number of ether oxygens (including phenoxy) is 2. The van der Waals surface area contributed by atoms with Gasteiger partial charge >= 0.3 is 7.82 Å². The van der Waals surface area contributed by atoms with Gasteiger partial charge in [-0.15, -0.1) is 0 Å². The van der Waals surface area contributed by atoms with E-state index in [-0.39, 0.29) is 29.5 Å². The fraction of sp³-hybridized carbons (Fsp3) is 0.522. The molecule has 9 unspecified atom stereocenters. The standard InChI is InChI=1S/C23H28N9O9P/c24-17-10-4-5-31(18(10)27-7-26-17)21-14(33)9-2-1-3-11-15(34)16(41-42(36,37)38-6-12(9)40-21)22(39-11)32-8-28-13-19(32)29-23(25)30-20(13)35/h4-5,7-9,11-12,14-16,21-22,33-34H,1-3,6H2,(H,36,37)(H2,24,26,27)(H3,25,29,30,35). The molecule has 18 nitrogen and oxygen atoms in total. The van der Waals surface area contributed by atoms with Gasteiger partial charge in [-0.3, -0.25) is 23.4 Å². The zero-order chi connectivity index (χ0) is 29.3. The number of aliphatic hydroxyl groups is 2. The van der Waals surface area contributed by atoms with Crippen LogP contribution in [-0.4, -0.2) is 86.3 Å². The van der Waals surface area contributed by atoms with E-state index in [4.69, 9.17) is 30.0 Å². The molecule has 42 heavy (non-hydrogen) atoms. The number of phosphoric ester groups is 1. The van der Waals surface area contributed by atoms with Crippen molar-refractivity contribution in [3.8, 4) is 0 Å². The molecule has 3 fully saturated rings. The third-order valence-electron chi connectivity index (χ3n) is 8.06. The summed E-state index contributed by atoms with van der Waals surface area (Å²) in [6.07, 6.45) is -1.98. The van der Waals surface area contributed by atoms with Gasteiger partial charge in [0.1, 0.15) is 36.1 Å². The maximum atomic E-state index is 13.2. The number of imidazole rings is 1. The number of aromatic amines is 1. The van der Waals surface area contributed by atoms with Gasteiger partial charge in [0.15, 0.2) is 23.6 Å². The molecule has 9 atom stereocenters. The number of anilines is 2. The first kappa shape index (κ1) is 27.4. The van der Waals surface area contributed by atoms with Gasteiger partial charge in [0, 0.05) is 12.1 Å². The first-order chi connectivity index (χ1) is 20.1. The van der Waals surface area contributed by atoms with Gasteiger partial charge in [0.25, 0.3) is 5.56 Å². The van der Waals surface area contributed by atoms with Crippen molar-refractivity contribution in [3.05, 3.63) is 35.3 Å². The van der Waals surface area contributed by atoms with Crippen molar-refractivity contribution in [1.29, 1.82) is 0 Å². The van der Waals surface area contributed by atoms with E-state index in [1.165, 1.54) is 17.2 Å². The summed E-state index contributed by atoms with van der Waals surface area (Å²) in [4.78, 5) is 41.7. The molecule has 0 amide bonds. The summed E-state index contributed by atoms with van der Waals surface area (Å²) in [5.41, 5.74) is 11.5. The quantitative estimate of drug-likeness (QED) is 0.158. The van der Waals surface area contributed by atoms with Crippen LogP contribution in [0.15, 0.2) is 29.7 Å². The Balaban J connectivity index is 1.17. The van der Waals surface area contributed by atoms with E-state index in [2.05, 4.69) is 24.9 Å². The summed E-state index contributed by atoms with van der Waals surface area (Å²) in [5.74, 6) is -0.398. The summed E-state index contributed by atoms with van der Waals surface area (Å²) >= 11 is 0. The molecular weight excluding hydrogens is 577 g/mol. The van der Waals surface area contributed by atoms with E-state index in [9.17, 15) is 24.5 Å². The summed E-state index contributed by atoms with van der Waals surface area (Å²) < 4.78 is 39.2. The molecule has 8 N–H and O–H groups in total. The van der Waals surface area contributed by atoms with Crippen molar-refractivity contribution in [2.45, 2.75) is 62.2 Å². The number of nitrogens with one attached hydrogen (secondary N) is 1. The van der Waals surface area contributed by atoms with Crippen LogP contribution in [0.2, 0.25) is 0 Å². The number of hydrogen-bond donors (Lipinski definition) is 6. The lowest BCUT2D eigenvalue weighted by molar-refractivity contribution is -0.0567. The number of nitrogens with zero attached hydrogens (tertiary/aromatic N) is 6. The smallest absolute Gasteiger partial charge is 0.388 e. The van der Waals surface area contributed by atoms with E-state index >= 15 is 0 Å². The van der Waals surface area contributed by atoms with Crippen LogP contribution in [0.25, 0.3) is 22.2 Å². The minimum atomic E-state index is -4.83. The molecule has 0 aliphatic carbocycles. The van der Waals surface area contributed by atoms with Crippen LogP contribution < -0.4 is 17.0 Å². The molecule has 0 aromatic carbocycles. The molecule has 3 aliphatic rings. The van der Waals surface area contributed by atoms with Crippen LogP contribution in [0.3, 0.4) is 0 Å². The van der Waals surface area contributed by atoms with E-state index in [0.717, 1.165) is 0 Å². The van der Waals surface area contributed by atoms with E-state index < -0.39 is 62.3 Å². The number of aromatic nitrogens is 7. The molecule has 7 rings (SSSR count). The predicted octanol–water partition coefficient (Wildman–Crippen LogP) is -0.452. The largest absolute Gasteiger partial charge is 0.472 e. The number of hydrogen-bond acceptors (Lipinski definition) is 14. The molecule has 2 bridgehead atoms. The summed E-state index contributed by atoms with van der Waals surface area (Å²) in [6.45, 7) is -0.387. The lowest BCUT2D eigenvalue weighted by Crippen LogP contribution is -2.35. The molecule has 0 spiro atoms. The normalized spacial score (nSPS) is 35.7. The van der Waals surface area contributed by atoms with Crippen LogP contribution in [0.5, 0.6) is 0 Å². The molecule has 4 aromatic rings. The number of aliphatic hydroxyl groups excluding tert-OH is 2. The van der Waals surface area contributed by atoms with Gasteiger partial charge in [0.05, 0.1) is 30.5 Å². The molecule has 0 saturated carbocycles. The Morgan fingerprint density at radius 3 is 2.67 bits per heavy atom. The third-order valence-corrected chi connectivity index (χ3v) is 9.04. The fourth-order valence-corrected chi connectivity index (χ4v) is 7.00. The Bertz CT molecular complexity index is 1760. The third kappa shape index (κ3) is 4.47. The van der Waals surface area contributed by atoms with Crippen molar-refractivity contribution in [3.63, 3.8) is 0 Å². The summed E-state index contributed by atoms with van der Waals surface area (Å²) in [7, 11) is -4.83. The van der Waals surface area contributed by atoms with Crippen molar-refractivity contribution in [2.75, 3.05) is 18.1 Å². The number of nitrogen functional groups attached to an aromatic ring is 2. The van der Waals surface area contributed by atoms with Gasteiger partial charge in [-0.25, -0.2) is 19.5 Å². The predicted molar refractivity (Wildman–Crippen MR) is 142 cm³/mol. The van der Waals surface area contributed by atoms with Gasteiger partial charge in [-0.1, -0.05) is 6.42 Å². The molecule has 19 heteroatoms.